The Balaban J connectivity index is 1.61. The van der Waals surface area contributed by atoms with Gasteiger partial charge in [-0.3, -0.25) is 14.8 Å². The van der Waals surface area contributed by atoms with Crippen molar-refractivity contribution < 1.29 is 4.39 Å². The zero-order valence-corrected chi connectivity index (χ0v) is 20.3. The highest BCUT2D eigenvalue weighted by molar-refractivity contribution is 6.16. The van der Waals surface area contributed by atoms with Gasteiger partial charge >= 0.3 is 0 Å². The first kappa shape index (κ1) is 23.8. The monoisotopic (exact) mass is 493 g/mol. The topological polar surface area (TPSA) is 123 Å². The van der Waals surface area contributed by atoms with Crippen LogP contribution >= 0.6 is 0 Å². The Morgan fingerprint density at radius 2 is 1.78 bits per heavy atom. The summed E-state index contributed by atoms with van der Waals surface area (Å²) in [5, 5.41) is 13.4. The van der Waals surface area contributed by atoms with E-state index >= 15 is 0 Å². The fourth-order valence-electron chi connectivity index (χ4n) is 4.38. The van der Waals surface area contributed by atoms with E-state index in [0.717, 1.165) is 16.5 Å². The second kappa shape index (κ2) is 9.62. The molecule has 184 valence electrons. The number of aryl methyl sites for hydroxylation is 2. The van der Waals surface area contributed by atoms with Crippen LogP contribution in [0.1, 0.15) is 27.9 Å². The third-order valence-corrected chi connectivity index (χ3v) is 6.22. The largest absolute Gasteiger partial charge is 0.383 e. The van der Waals surface area contributed by atoms with Gasteiger partial charge in [0, 0.05) is 17.5 Å². The molecule has 5 aromatic rings. The van der Waals surface area contributed by atoms with Gasteiger partial charge in [0.05, 0.1) is 23.2 Å². The Hall–Kier alpha value is -4.92. The van der Waals surface area contributed by atoms with E-state index in [-0.39, 0.29) is 29.2 Å². The Bertz CT molecular complexity index is 1710. The van der Waals surface area contributed by atoms with Crippen molar-refractivity contribution in [3.8, 4) is 5.82 Å². The van der Waals surface area contributed by atoms with Gasteiger partial charge in [-0.25, -0.2) is 19.3 Å². The van der Waals surface area contributed by atoms with E-state index in [1.807, 2.05) is 50.2 Å². The average molecular weight is 494 g/mol. The molecule has 2 aromatic carbocycles. The average Bonchev–Trinajstić information content (AvgIpc) is 2.88. The van der Waals surface area contributed by atoms with Crippen LogP contribution in [-0.2, 0) is 6.54 Å². The summed E-state index contributed by atoms with van der Waals surface area (Å²) in [7, 11) is 0. The number of benzene rings is 2. The Kier molecular flexibility index (Phi) is 6.19. The fourth-order valence-corrected chi connectivity index (χ4v) is 4.38. The molecule has 8 nitrogen and oxygen atoms in total. The summed E-state index contributed by atoms with van der Waals surface area (Å²) in [6, 6.07) is 17.0. The molecule has 5 rings (SSSR count). The highest BCUT2D eigenvalue weighted by atomic mass is 19.1. The van der Waals surface area contributed by atoms with E-state index in [4.69, 9.17) is 11.1 Å². The predicted molar refractivity (Wildman–Crippen MR) is 143 cm³/mol. The number of aromatic nitrogens is 4. The van der Waals surface area contributed by atoms with Crippen molar-refractivity contribution in [2.24, 2.45) is 0 Å². The lowest BCUT2D eigenvalue weighted by atomic mass is 10.0. The molecule has 0 saturated carbocycles. The van der Waals surface area contributed by atoms with Crippen LogP contribution in [0, 0.1) is 25.1 Å². The molecule has 3 heterocycles. The molecule has 0 amide bonds. The molecule has 0 atom stereocenters. The molecule has 4 N–H and O–H groups in total. The van der Waals surface area contributed by atoms with Gasteiger partial charge in [0.25, 0.3) is 5.56 Å². The van der Waals surface area contributed by atoms with Crippen LogP contribution in [0.5, 0.6) is 0 Å². The van der Waals surface area contributed by atoms with Crippen LogP contribution in [-0.4, -0.2) is 25.2 Å². The van der Waals surface area contributed by atoms with E-state index < -0.39 is 5.82 Å². The van der Waals surface area contributed by atoms with Crippen molar-refractivity contribution in [1.82, 2.24) is 19.5 Å². The lowest BCUT2D eigenvalue weighted by Crippen LogP contribution is -2.26. The van der Waals surface area contributed by atoms with Crippen LogP contribution in [0.4, 0.5) is 16.0 Å². The zero-order valence-electron chi connectivity index (χ0n) is 20.3. The maximum absolute atomic E-state index is 13.8. The minimum atomic E-state index is -0.401. The lowest BCUT2D eigenvalue weighted by Gasteiger charge is -2.18. The summed E-state index contributed by atoms with van der Waals surface area (Å²) < 4.78 is 15.0. The number of hydrogen-bond donors (Lipinski definition) is 3. The van der Waals surface area contributed by atoms with E-state index in [9.17, 15) is 9.18 Å². The normalized spacial score (nSPS) is 11.0. The first-order valence-electron chi connectivity index (χ1n) is 11.6. The number of pyridine rings is 2. The van der Waals surface area contributed by atoms with Crippen LogP contribution in [0.25, 0.3) is 16.6 Å². The van der Waals surface area contributed by atoms with Crippen molar-refractivity contribution in [3.63, 3.8) is 0 Å². The smallest absolute Gasteiger partial charge is 0.264 e. The highest BCUT2D eigenvalue weighted by Gasteiger charge is 2.19. The molecule has 9 heteroatoms. The van der Waals surface area contributed by atoms with Crippen molar-refractivity contribution in [2.75, 3.05) is 11.1 Å². The highest BCUT2D eigenvalue weighted by Crippen LogP contribution is 2.24. The van der Waals surface area contributed by atoms with Crippen molar-refractivity contribution in [2.45, 2.75) is 20.4 Å². The molecule has 0 aliphatic rings. The summed E-state index contributed by atoms with van der Waals surface area (Å²) in [5.41, 5.74) is 9.16. The van der Waals surface area contributed by atoms with E-state index in [2.05, 4.69) is 20.3 Å². The number of anilines is 2. The van der Waals surface area contributed by atoms with E-state index in [1.165, 1.54) is 30.6 Å². The van der Waals surface area contributed by atoms with Crippen LogP contribution in [0.2, 0.25) is 0 Å². The molecule has 3 aromatic heterocycles. The predicted octanol–water partition coefficient (Wildman–Crippen LogP) is 4.54. The maximum atomic E-state index is 13.8. The number of halogens is 1. The first-order valence-corrected chi connectivity index (χ1v) is 11.6. The summed E-state index contributed by atoms with van der Waals surface area (Å²) in [6.07, 6.45) is 2.96. The minimum Gasteiger partial charge on any atom is -0.383 e. The second-order valence-corrected chi connectivity index (χ2v) is 8.68. The molecule has 0 aliphatic carbocycles. The van der Waals surface area contributed by atoms with Crippen molar-refractivity contribution in [3.05, 3.63) is 117 Å². The molecule has 0 bridgehead atoms. The molecule has 37 heavy (non-hydrogen) atoms. The first-order chi connectivity index (χ1) is 17.8. The van der Waals surface area contributed by atoms with Gasteiger partial charge in [-0.1, -0.05) is 24.3 Å². The molecular weight excluding hydrogens is 469 g/mol. The van der Waals surface area contributed by atoms with Gasteiger partial charge < -0.3 is 11.1 Å². The standard InChI is InChI=1S/C28H24FN7O/c1-16-5-3-7-19-13-21(36(28(37)22(16)19)27-17(2)6-4-12-32-27)14-33-26-23(25(31)34-15-35-26)24(30)18-8-10-20(29)11-9-18/h3-13,15,30H,14H2,1-2H3,(H3,31,33,34,35). The number of fused-ring (bicyclic) bond motifs is 1. The third kappa shape index (κ3) is 4.42. The summed E-state index contributed by atoms with van der Waals surface area (Å²) >= 11 is 0. The number of rotatable bonds is 6. The fraction of sp³-hybridized carbons (Fsp3) is 0.107. The molecule has 0 spiro atoms. The Morgan fingerprint density at radius 3 is 2.54 bits per heavy atom. The van der Waals surface area contributed by atoms with Gasteiger partial charge in [0.1, 0.15) is 29.6 Å². The quantitative estimate of drug-likeness (QED) is 0.299. The number of nitrogens with zero attached hydrogens (tertiary/aromatic N) is 4. The molecule has 0 saturated heterocycles. The SMILES string of the molecule is Cc1cccnc1-n1c(CNc2ncnc(N)c2C(=N)c2ccc(F)cc2)cc2cccc(C)c2c1=O. The van der Waals surface area contributed by atoms with Crippen molar-refractivity contribution >= 4 is 28.1 Å². The van der Waals surface area contributed by atoms with Crippen molar-refractivity contribution in [1.29, 1.82) is 5.41 Å². The molecular formula is C28H24FN7O. The summed E-state index contributed by atoms with van der Waals surface area (Å²) in [4.78, 5) is 26.6. The van der Waals surface area contributed by atoms with Gasteiger partial charge in [0.2, 0.25) is 0 Å². The molecule has 0 radical (unpaired) electrons. The number of nitrogens with two attached hydrogens (primary N) is 1. The third-order valence-electron chi connectivity index (χ3n) is 6.22. The van der Waals surface area contributed by atoms with Crippen LogP contribution in [0.15, 0.2) is 78.0 Å². The Labute approximate surface area is 212 Å². The van der Waals surface area contributed by atoms with Gasteiger partial charge in [-0.15, -0.1) is 0 Å². The second-order valence-electron chi connectivity index (χ2n) is 8.68. The van der Waals surface area contributed by atoms with Crippen LogP contribution in [0.3, 0.4) is 0 Å². The zero-order chi connectivity index (χ0) is 26.1. The number of hydrogen-bond acceptors (Lipinski definition) is 7. The number of nitrogens with one attached hydrogen (secondary N) is 2. The van der Waals surface area contributed by atoms with Gasteiger partial charge in [0.15, 0.2) is 0 Å². The maximum Gasteiger partial charge on any atom is 0.264 e. The number of nitrogen functional groups attached to an aromatic ring is 1. The summed E-state index contributed by atoms with van der Waals surface area (Å²) in [6.45, 7) is 4.00. The van der Waals surface area contributed by atoms with Gasteiger partial charge in [-0.05, 0) is 66.8 Å². The molecule has 0 aliphatic heterocycles. The van der Waals surface area contributed by atoms with E-state index in [1.54, 1.807) is 10.8 Å². The molecule has 0 unspecified atom stereocenters. The molecule has 0 fully saturated rings. The van der Waals surface area contributed by atoms with Crippen LogP contribution < -0.4 is 16.6 Å². The summed E-state index contributed by atoms with van der Waals surface area (Å²) in [5.74, 6) is 0.569. The Morgan fingerprint density at radius 1 is 1.03 bits per heavy atom. The minimum absolute atomic E-state index is 0.0488. The lowest BCUT2D eigenvalue weighted by molar-refractivity contribution is 0.628. The van der Waals surface area contributed by atoms with Gasteiger partial charge in [-0.2, -0.15) is 0 Å². The van der Waals surface area contributed by atoms with E-state index in [0.29, 0.717) is 28.3 Å².